The largest absolute Gasteiger partial charge is 0.370 e. The molecule has 0 aliphatic carbocycles. The van der Waals surface area contributed by atoms with Crippen molar-refractivity contribution in [3.05, 3.63) is 18.3 Å². The molecule has 7 heteroatoms. The van der Waals surface area contributed by atoms with Crippen LogP contribution in [0, 0.1) is 5.92 Å². The molecule has 3 rings (SSSR count). The van der Waals surface area contributed by atoms with Gasteiger partial charge in [0.25, 0.3) is 0 Å². The van der Waals surface area contributed by atoms with Gasteiger partial charge in [-0.15, -0.1) is 0 Å². The van der Waals surface area contributed by atoms with Gasteiger partial charge in [0.2, 0.25) is 5.91 Å². The minimum absolute atomic E-state index is 0.0509. The summed E-state index contributed by atoms with van der Waals surface area (Å²) in [4.78, 5) is 18.5. The van der Waals surface area contributed by atoms with Crippen LogP contribution in [0.3, 0.4) is 0 Å². The Bertz CT molecular complexity index is 621. The number of nitrogens with one attached hydrogen (secondary N) is 1. The number of hydrogen-bond donors (Lipinski definition) is 1. The van der Waals surface area contributed by atoms with Crippen molar-refractivity contribution in [3.8, 4) is 0 Å². The minimum Gasteiger partial charge on any atom is -0.370 e. The van der Waals surface area contributed by atoms with Crippen molar-refractivity contribution in [2.45, 2.75) is 19.3 Å². The molecule has 1 aromatic heterocycles. The lowest BCUT2D eigenvalue weighted by molar-refractivity contribution is -0.119. The highest BCUT2D eigenvalue weighted by molar-refractivity contribution is 7.91. The van der Waals surface area contributed by atoms with Crippen LogP contribution in [-0.2, 0) is 14.6 Å². The highest BCUT2D eigenvalue weighted by Crippen LogP contribution is 2.22. The summed E-state index contributed by atoms with van der Waals surface area (Å²) in [5.74, 6) is -0.170. The Morgan fingerprint density at radius 2 is 2.05 bits per heavy atom. The Hall–Kier alpha value is -1.63. The average molecular weight is 309 g/mol. The van der Waals surface area contributed by atoms with Crippen molar-refractivity contribution < 1.29 is 13.2 Å². The van der Waals surface area contributed by atoms with Crippen LogP contribution in [0.1, 0.15) is 19.3 Å². The Morgan fingerprint density at radius 1 is 1.29 bits per heavy atom. The number of sulfone groups is 1. The lowest BCUT2D eigenvalue weighted by Gasteiger charge is -2.17. The van der Waals surface area contributed by atoms with Gasteiger partial charge in [-0.2, -0.15) is 0 Å². The number of aromatic nitrogens is 1. The number of amides is 1. The van der Waals surface area contributed by atoms with E-state index in [0.29, 0.717) is 12.2 Å². The molecule has 1 N–H and O–H groups in total. The molecule has 2 aliphatic heterocycles. The first kappa shape index (κ1) is 14.3. The van der Waals surface area contributed by atoms with Gasteiger partial charge in [-0.05, 0) is 31.4 Å². The van der Waals surface area contributed by atoms with E-state index in [0.717, 1.165) is 18.8 Å². The van der Waals surface area contributed by atoms with Crippen molar-refractivity contribution in [1.29, 1.82) is 0 Å². The number of carbonyl (C=O) groups is 1. The number of hydrogen-bond acceptors (Lipinski definition) is 5. The van der Waals surface area contributed by atoms with E-state index in [1.807, 2.05) is 6.07 Å². The number of anilines is 2. The third-order valence-corrected chi connectivity index (χ3v) is 5.84. The Kier molecular flexibility index (Phi) is 3.84. The summed E-state index contributed by atoms with van der Waals surface area (Å²) in [5, 5.41) is 2.71. The van der Waals surface area contributed by atoms with Gasteiger partial charge in [0, 0.05) is 13.1 Å². The van der Waals surface area contributed by atoms with E-state index in [1.165, 1.54) is 12.8 Å². The second-order valence-electron chi connectivity index (χ2n) is 5.69. The molecular formula is C14H19N3O3S. The van der Waals surface area contributed by atoms with Crippen LogP contribution >= 0.6 is 0 Å². The summed E-state index contributed by atoms with van der Waals surface area (Å²) in [5.41, 5.74) is 1.06. The summed E-state index contributed by atoms with van der Waals surface area (Å²) in [6.45, 7) is 2.10. The van der Waals surface area contributed by atoms with Crippen molar-refractivity contribution in [2.24, 2.45) is 5.92 Å². The van der Waals surface area contributed by atoms with Crippen LogP contribution in [0.15, 0.2) is 18.3 Å². The second kappa shape index (κ2) is 5.63. The van der Waals surface area contributed by atoms with Gasteiger partial charge < -0.3 is 10.2 Å². The molecule has 0 radical (unpaired) electrons. The molecule has 0 aromatic carbocycles. The molecule has 3 heterocycles. The number of pyridine rings is 1. The van der Waals surface area contributed by atoms with Crippen LogP contribution in [-0.4, -0.2) is 43.9 Å². The summed E-state index contributed by atoms with van der Waals surface area (Å²) in [7, 11) is -3.04. The molecule has 1 aromatic rings. The SMILES string of the molecule is O=C(Nc1ccc(N2CCCC2)cn1)[C@@H]1CCS(=O)(=O)C1. The Balaban J connectivity index is 1.61. The van der Waals surface area contributed by atoms with Gasteiger partial charge in [0.15, 0.2) is 9.84 Å². The zero-order valence-electron chi connectivity index (χ0n) is 11.8. The lowest BCUT2D eigenvalue weighted by Crippen LogP contribution is -2.24. The molecule has 0 spiro atoms. The van der Waals surface area contributed by atoms with Crippen molar-refractivity contribution >= 4 is 27.2 Å². The number of nitrogens with zero attached hydrogens (tertiary/aromatic N) is 2. The van der Waals surface area contributed by atoms with Gasteiger partial charge in [0.05, 0.1) is 29.3 Å². The zero-order chi connectivity index (χ0) is 14.9. The molecule has 1 atom stereocenters. The van der Waals surface area contributed by atoms with Crippen molar-refractivity contribution in [3.63, 3.8) is 0 Å². The summed E-state index contributed by atoms with van der Waals surface area (Å²) < 4.78 is 22.8. The molecule has 0 saturated carbocycles. The predicted molar refractivity (Wildman–Crippen MR) is 81.1 cm³/mol. The first-order chi connectivity index (χ1) is 10.0. The van der Waals surface area contributed by atoms with Crippen molar-refractivity contribution in [1.82, 2.24) is 4.98 Å². The van der Waals surface area contributed by atoms with E-state index in [2.05, 4.69) is 15.2 Å². The fourth-order valence-electron chi connectivity index (χ4n) is 2.85. The summed E-state index contributed by atoms with van der Waals surface area (Å²) >= 11 is 0. The maximum atomic E-state index is 12.0. The average Bonchev–Trinajstić information content (AvgIpc) is 3.09. The Morgan fingerprint density at radius 3 is 2.62 bits per heavy atom. The molecule has 2 fully saturated rings. The molecule has 0 bridgehead atoms. The third kappa shape index (κ3) is 3.34. The molecule has 21 heavy (non-hydrogen) atoms. The minimum atomic E-state index is -3.04. The molecule has 2 saturated heterocycles. The first-order valence-corrected chi connectivity index (χ1v) is 9.08. The van der Waals surface area contributed by atoms with Gasteiger partial charge in [0.1, 0.15) is 5.82 Å². The van der Waals surface area contributed by atoms with E-state index in [4.69, 9.17) is 0 Å². The summed E-state index contributed by atoms with van der Waals surface area (Å²) in [6.07, 6.45) is 4.57. The quantitative estimate of drug-likeness (QED) is 0.903. The highest BCUT2D eigenvalue weighted by Gasteiger charge is 2.33. The van der Waals surface area contributed by atoms with Gasteiger partial charge in [-0.25, -0.2) is 13.4 Å². The highest BCUT2D eigenvalue weighted by atomic mass is 32.2. The van der Waals surface area contributed by atoms with Gasteiger partial charge in [-0.1, -0.05) is 0 Å². The van der Waals surface area contributed by atoms with E-state index >= 15 is 0 Å². The second-order valence-corrected chi connectivity index (χ2v) is 7.91. The van der Waals surface area contributed by atoms with Crippen LogP contribution in [0.2, 0.25) is 0 Å². The molecule has 6 nitrogen and oxygen atoms in total. The maximum Gasteiger partial charge on any atom is 0.229 e. The number of carbonyl (C=O) groups excluding carboxylic acids is 1. The maximum absolute atomic E-state index is 12.0. The lowest BCUT2D eigenvalue weighted by atomic mass is 10.1. The smallest absolute Gasteiger partial charge is 0.229 e. The topological polar surface area (TPSA) is 79.4 Å². The molecule has 2 aliphatic rings. The standard InChI is InChI=1S/C14H19N3O3S/c18-14(11-5-8-21(19,20)10-11)16-13-4-3-12(9-15-13)17-6-1-2-7-17/h3-4,9,11H,1-2,5-8,10H2,(H,15,16,18)/t11-/m1/s1. The fourth-order valence-corrected chi connectivity index (χ4v) is 4.59. The fraction of sp³-hybridized carbons (Fsp3) is 0.571. The van der Waals surface area contributed by atoms with Crippen molar-refractivity contribution in [2.75, 3.05) is 34.8 Å². The molecule has 1 amide bonds. The monoisotopic (exact) mass is 309 g/mol. The zero-order valence-corrected chi connectivity index (χ0v) is 12.6. The van der Waals surface area contributed by atoms with Crippen LogP contribution in [0.5, 0.6) is 0 Å². The molecule has 0 unspecified atom stereocenters. The first-order valence-electron chi connectivity index (χ1n) is 7.26. The van der Waals surface area contributed by atoms with Gasteiger partial charge >= 0.3 is 0 Å². The van der Waals surface area contributed by atoms with E-state index in [-0.39, 0.29) is 17.4 Å². The third-order valence-electron chi connectivity index (χ3n) is 4.07. The molecular weight excluding hydrogens is 290 g/mol. The molecule has 114 valence electrons. The number of rotatable bonds is 3. The predicted octanol–water partition coefficient (Wildman–Crippen LogP) is 1.05. The van der Waals surface area contributed by atoms with E-state index in [1.54, 1.807) is 12.3 Å². The van der Waals surface area contributed by atoms with Crippen LogP contribution < -0.4 is 10.2 Å². The van der Waals surface area contributed by atoms with E-state index in [9.17, 15) is 13.2 Å². The normalized spacial score (nSPS) is 24.2. The van der Waals surface area contributed by atoms with Gasteiger partial charge in [-0.3, -0.25) is 4.79 Å². The summed E-state index contributed by atoms with van der Waals surface area (Å²) in [6, 6.07) is 3.72. The Labute approximate surface area is 124 Å². The van der Waals surface area contributed by atoms with E-state index < -0.39 is 15.8 Å². The van der Waals surface area contributed by atoms with Crippen LogP contribution in [0.25, 0.3) is 0 Å². The van der Waals surface area contributed by atoms with Crippen LogP contribution in [0.4, 0.5) is 11.5 Å².